The van der Waals surface area contributed by atoms with Crippen LogP contribution in [0.5, 0.6) is 11.5 Å². The summed E-state index contributed by atoms with van der Waals surface area (Å²) in [5, 5.41) is 4.86. The van der Waals surface area contributed by atoms with Gasteiger partial charge in [-0.15, -0.1) is 0 Å². The molecule has 0 aliphatic carbocycles. The molecule has 0 saturated carbocycles. The van der Waals surface area contributed by atoms with Crippen LogP contribution in [0.25, 0.3) is 23.0 Å². The van der Waals surface area contributed by atoms with Crippen LogP contribution in [0.1, 0.15) is 31.7 Å². The van der Waals surface area contributed by atoms with Gasteiger partial charge in [0.05, 0.1) is 24.8 Å². The molecule has 4 rings (SSSR count). The molecule has 176 valence electrons. The summed E-state index contributed by atoms with van der Waals surface area (Å²) in [7, 11) is 3.21. The van der Waals surface area contributed by atoms with Crippen LogP contribution in [0.3, 0.4) is 0 Å². The lowest BCUT2D eigenvalue weighted by Crippen LogP contribution is -2.28. The number of carbonyl (C=O) groups excluding carboxylic acids is 1. The summed E-state index contributed by atoms with van der Waals surface area (Å²) in [6, 6.07) is 15.6. The van der Waals surface area contributed by atoms with E-state index in [-0.39, 0.29) is 5.91 Å². The van der Waals surface area contributed by atoms with Gasteiger partial charge < -0.3 is 9.47 Å². The molecule has 2 heterocycles. The molecule has 0 atom stereocenters. The summed E-state index contributed by atoms with van der Waals surface area (Å²) in [4.78, 5) is 15.4. The van der Waals surface area contributed by atoms with E-state index in [4.69, 9.17) is 26.8 Å². The Labute approximate surface area is 209 Å². The summed E-state index contributed by atoms with van der Waals surface area (Å²) in [6.07, 6.45) is 6.93. The van der Waals surface area contributed by atoms with Crippen molar-refractivity contribution in [2.24, 2.45) is 0 Å². The Bertz CT molecular complexity index is 1220. The van der Waals surface area contributed by atoms with Crippen LogP contribution in [0.15, 0.2) is 59.6 Å². The van der Waals surface area contributed by atoms with E-state index in [9.17, 15) is 4.79 Å². The minimum Gasteiger partial charge on any atom is -0.493 e. The van der Waals surface area contributed by atoms with Gasteiger partial charge in [0.2, 0.25) is 0 Å². The first-order valence-corrected chi connectivity index (χ1v) is 12.4. The Kier molecular flexibility index (Phi) is 7.70. The van der Waals surface area contributed by atoms with Crippen LogP contribution in [-0.2, 0) is 4.79 Å². The van der Waals surface area contributed by atoms with E-state index in [1.165, 1.54) is 11.8 Å². The molecule has 1 aliphatic rings. The maximum Gasteiger partial charge on any atom is 0.266 e. The molecule has 0 radical (unpaired) electrons. The first-order chi connectivity index (χ1) is 16.5. The number of thioether (sulfide) groups is 1. The van der Waals surface area contributed by atoms with Gasteiger partial charge in [-0.2, -0.15) is 5.10 Å². The number of para-hydroxylation sites is 1. The van der Waals surface area contributed by atoms with Crippen molar-refractivity contribution >= 4 is 40.3 Å². The molecule has 1 saturated heterocycles. The standard InChI is InChI=1S/C26H27N3O3S2/c1-4-5-9-14-28-25(30)23(34-26(28)33)16-19-17-29(20-10-7-6-8-11-20)27-24(19)18-12-13-21(31-2)22(15-18)32-3/h6-8,10-13,15-17H,4-5,9,14H2,1-3H3/b23-16-. The SMILES string of the molecule is CCCCCN1C(=O)/C(=C/c2cn(-c3ccccc3)nc2-c2ccc(OC)c(OC)c2)SC1=S. The summed E-state index contributed by atoms with van der Waals surface area (Å²) >= 11 is 6.85. The van der Waals surface area contributed by atoms with E-state index in [0.29, 0.717) is 27.3 Å². The maximum absolute atomic E-state index is 13.1. The number of hydrogen-bond acceptors (Lipinski definition) is 6. The van der Waals surface area contributed by atoms with Gasteiger partial charge in [-0.3, -0.25) is 9.69 Å². The molecule has 0 bridgehead atoms. The molecule has 1 amide bonds. The molecule has 0 unspecified atom stereocenters. The zero-order valence-electron chi connectivity index (χ0n) is 19.5. The fourth-order valence-electron chi connectivity index (χ4n) is 3.77. The van der Waals surface area contributed by atoms with Gasteiger partial charge in [0, 0.05) is 23.9 Å². The van der Waals surface area contributed by atoms with Gasteiger partial charge in [-0.1, -0.05) is 61.9 Å². The lowest BCUT2D eigenvalue weighted by atomic mass is 10.1. The predicted octanol–water partition coefficient (Wildman–Crippen LogP) is 5.95. The quantitative estimate of drug-likeness (QED) is 0.209. The summed E-state index contributed by atoms with van der Waals surface area (Å²) in [5.41, 5.74) is 3.35. The van der Waals surface area contributed by atoms with Crippen molar-refractivity contribution in [2.45, 2.75) is 26.2 Å². The molecular formula is C26H27N3O3S2. The number of unbranched alkanes of at least 4 members (excludes halogenated alkanes) is 2. The van der Waals surface area contributed by atoms with Gasteiger partial charge in [0.15, 0.2) is 11.5 Å². The zero-order valence-corrected chi connectivity index (χ0v) is 21.1. The second-order valence-electron chi connectivity index (χ2n) is 7.82. The van der Waals surface area contributed by atoms with Crippen molar-refractivity contribution in [3.63, 3.8) is 0 Å². The van der Waals surface area contributed by atoms with Crippen molar-refractivity contribution in [1.82, 2.24) is 14.7 Å². The third-order valence-electron chi connectivity index (χ3n) is 5.57. The smallest absolute Gasteiger partial charge is 0.266 e. The maximum atomic E-state index is 13.1. The van der Waals surface area contributed by atoms with E-state index in [0.717, 1.165) is 41.8 Å². The molecule has 34 heavy (non-hydrogen) atoms. The Morgan fingerprint density at radius 2 is 1.82 bits per heavy atom. The number of methoxy groups -OCH3 is 2. The lowest BCUT2D eigenvalue weighted by molar-refractivity contribution is -0.122. The molecule has 3 aromatic rings. The number of carbonyl (C=O) groups is 1. The van der Waals surface area contributed by atoms with E-state index >= 15 is 0 Å². The van der Waals surface area contributed by atoms with Crippen LogP contribution < -0.4 is 9.47 Å². The van der Waals surface area contributed by atoms with Crippen molar-refractivity contribution in [2.75, 3.05) is 20.8 Å². The van der Waals surface area contributed by atoms with Gasteiger partial charge in [0.1, 0.15) is 10.0 Å². The summed E-state index contributed by atoms with van der Waals surface area (Å²) < 4.78 is 13.3. The number of rotatable bonds is 9. The molecular weight excluding hydrogens is 466 g/mol. The predicted molar refractivity (Wildman–Crippen MR) is 142 cm³/mol. The lowest BCUT2D eigenvalue weighted by Gasteiger charge is -2.13. The number of benzene rings is 2. The first-order valence-electron chi connectivity index (χ1n) is 11.2. The number of thiocarbonyl (C=S) groups is 1. The zero-order chi connectivity index (χ0) is 24.1. The molecule has 0 spiro atoms. The first kappa shape index (κ1) is 24.0. The van der Waals surface area contributed by atoms with Gasteiger partial charge in [-0.25, -0.2) is 4.68 Å². The molecule has 6 nitrogen and oxygen atoms in total. The van der Waals surface area contributed by atoms with Gasteiger partial charge >= 0.3 is 0 Å². The van der Waals surface area contributed by atoms with E-state index in [2.05, 4.69) is 6.92 Å². The topological polar surface area (TPSA) is 56.6 Å². The van der Waals surface area contributed by atoms with Crippen LogP contribution in [-0.4, -0.2) is 45.7 Å². The second kappa shape index (κ2) is 10.9. The van der Waals surface area contributed by atoms with Crippen LogP contribution in [0.4, 0.5) is 0 Å². The van der Waals surface area contributed by atoms with Gasteiger partial charge in [-0.05, 0) is 42.8 Å². The van der Waals surface area contributed by atoms with Crippen LogP contribution >= 0.6 is 24.0 Å². The van der Waals surface area contributed by atoms with Crippen molar-refractivity contribution in [3.05, 3.63) is 65.2 Å². The van der Waals surface area contributed by atoms with E-state index in [1.54, 1.807) is 19.1 Å². The molecule has 0 N–H and O–H groups in total. The van der Waals surface area contributed by atoms with Crippen molar-refractivity contribution in [1.29, 1.82) is 0 Å². The van der Waals surface area contributed by atoms with Gasteiger partial charge in [0.25, 0.3) is 5.91 Å². The molecule has 1 fully saturated rings. The number of nitrogens with zero attached hydrogens (tertiary/aromatic N) is 3. The third kappa shape index (κ3) is 5.03. The highest BCUT2D eigenvalue weighted by atomic mass is 32.2. The number of amides is 1. The van der Waals surface area contributed by atoms with Crippen molar-refractivity contribution < 1.29 is 14.3 Å². The number of ether oxygens (including phenoxy) is 2. The minimum absolute atomic E-state index is 0.0446. The normalized spacial score (nSPS) is 14.8. The second-order valence-corrected chi connectivity index (χ2v) is 9.50. The fraction of sp³-hybridized carbons (Fsp3) is 0.269. The number of hydrogen-bond donors (Lipinski definition) is 0. The molecule has 8 heteroatoms. The Balaban J connectivity index is 1.75. The Morgan fingerprint density at radius 1 is 1.06 bits per heavy atom. The summed E-state index contributed by atoms with van der Waals surface area (Å²) in [6.45, 7) is 2.80. The minimum atomic E-state index is -0.0446. The summed E-state index contributed by atoms with van der Waals surface area (Å²) in [5.74, 6) is 1.21. The Morgan fingerprint density at radius 3 is 2.53 bits per heavy atom. The van der Waals surface area contributed by atoms with Crippen LogP contribution in [0, 0.1) is 0 Å². The highest BCUT2D eigenvalue weighted by Crippen LogP contribution is 2.37. The third-order valence-corrected chi connectivity index (χ3v) is 6.94. The molecule has 1 aromatic heterocycles. The fourth-order valence-corrected chi connectivity index (χ4v) is 5.07. The Hall–Kier alpha value is -3.10. The van der Waals surface area contributed by atoms with Crippen LogP contribution in [0.2, 0.25) is 0 Å². The highest BCUT2D eigenvalue weighted by Gasteiger charge is 2.32. The molecule has 1 aliphatic heterocycles. The largest absolute Gasteiger partial charge is 0.493 e. The monoisotopic (exact) mass is 493 g/mol. The highest BCUT2D eigenvalue weighted by molar-refractivity contribution is 8.26. The average molecular weight is 494 g/mol. The van der Waals surface area contributed by atoms with E-state index in [1.807, 2.05) is 65.5 Å². The van der Waals surface area contributed by atoms with Crippen molar-refractivity contribution in [3.8, 4) is 28.4 Å². The average Bonchev–Trinajstić information content (AvgIpc) is 3.40. The number of aromatic nitrogens is 2. The molecule has 2 aromatic carbocycles. The van der Waals surface area contributed by atoms with E-state index < -0.39 is 0 Å².